The van der Waals surface area contributed by atoms with E-state index in [0.717, 1.165) is 37.6 Å². The molecule has 1 unspecified atom stereocenters. The normalized spacial score (nSPS) is 24.6. The van der Waals surface area contributed by atoms with Crippen molar-refractivity contribution in [1.82, 2.24) is 10.3 Å². The van der Waals surface area contributed by atoms with Gasteiger partial charge in [-0.2, -0.15) is 0 Å². The van der Waals surface area contributed by atoms with E-state index in [1.54, 1.807) is 11.3 Å². The van der Waals surface area contributed by atoms with Crippen LogP contribution in [0.25, 0.3) is 0 Å². The molecule has 19 heavy (non-hydrogen) atoms. The summed E-state index contributed by atoms with van der Waals surface area (Å²) < 4.78 is 5.77. The molecule has 1 saturated heterocycles. The van der Waals surface area contributed by atoms with Crippen LogP contribution < -0.4 is 5.32 Å². The van der Waals surface area contributed by atoms with E-state index in [9.17, 15) is 0 Å². The Kier molecular flexibility index (Phi) is 4.64. The molecule has 0 radical (unpaired) electrons. The van der Waals surface area contributed by atoms with E-state index in [-0.39, 0.29) is 11.0 Å². The maximum Gasteiger partial charge on any atom is 0.0897 e. The van der Waals surface area contributed by atoms with E-state index in [1.165, 1.54) is 12.1 Å². The predicted octanol–water partition coefficient (Wildman–Crippen LogP) is 3.18. The standard InChI is InChI=1S/C15H26N2OS/c1-12-17-13(9-19-12)8-15(6-5-7-18-11-15)10-16-14(2,3)4/h9,16H,5-8,10-11H2,1-4H3. The van der Waals surface area contributed by atoms with Crippen molar-refractivity contribution < 1.29 is 4.74 Å². The molecule has 0 saturated carbocycles. The van der Waals surface area contributed by atoms with Gasteiger partial charge in [-0.25, -0.2) is 4.98 Å². The first-order valence-electron chi connectivity index (χ1n) is 7.12. The lowest BCUT2D eigenvalue weighted by atomic mass is 9.78. The van der Waals surface area contributed by atoms with Crippen molar-refractivity contribution in [2.24, 2.45) is 5.41 Å². The van der Waals surface area contributed by atoms with Crippen molar-refractivity contribution in [1.29, 1.82) is 0 Å². The first kappa shape index (κ1) is 14.9. The van der Waals surface area contributed by atoms with Gasteiger partial charge >= 0.3 is 0 Å². The number of aromatic nitrogens is 1. The van der Waals surface area contributed by atoms with E-state index in [1.807, 2.05) is 0 Å². The summed E-state index contributed by atoms with van der Waals surface area (Å²) in [5, 5.41) is 7.01. The van der Waals surface area contributed by atoms with E-state index in [2.05, 4.69) is 43.4 Å². The van der Waals surface area contributed by atoms with E-state index in [0.29, 0.717) is 0 Å². The molecule has 3 nitrogen and oxygen atoms in total. The minimum Gasteiger partial charge on any atom is -0.381 e. The molecule has 1 fully saturated rings. The van der Waals surface area contributed by atoms with Gasteiger partial charge in [0.05, 0.1) is 17.3 Å². The third kappa shape index (κ3) is 4.55. The lowest BCUT2D eigenvalue weighted by Gasteiger charge is -2.39. The predicted molar refractivity (Wildman–Crippen MR) is 80.8 cm³/mol. The van der Waals surface area contributed by atoms with Crippen LogP contribution in [0, 0.1) is 12.3 Å². The van der Waals surface area contributed by atoms with Crippen LogP contribution in [0.2, 0.25) is 0 Å². The van der Waals surface area contributed by atoms with Gasteiger partial charge in [0.2, 0.25) is 0 Å². The van der Waals surface area contributed by atoms with Gasteiger partial charge in [-0.15, -0.1) is 11.3 Å². The Hall–Kier alpha value is -0.450. The molecular formula is C15H26N2OS. The third-order valence-corrected chi connectivity index (χ3v) is 4.44. The molecule has 1 aromatic heterocycles. The average molecular weight is 282 g/mol. The van der Waals surface area contributed by atoms with Crippen molar-refractivity contribution in [2.75, 3.05) is 19.8 Å². The Labute approximate surface area is 120 Å². The summed E-state index contributed by atoms with van der Waals surface area (Å²) >= 11 is 1.74. The van der Waals surface area contributed by atoms with Gasteiger partial charge in [0.1, 0.15) is 0 Å². The molecule has 2 rings (SSSR count). The molecule has 1 aromatic rings. The van der Waals surface area contributed by atoms with Gasteiger partial charge in [0, 0.05) is 29.5 Å². The van der Waals surface area contributed by atoms with Gasteiger partial charge in [0.25, 0.3) is 0 Å². The molecule has 0 amide bonds. The molecule has 1 aliphatic rings. The molecule has 4 heteroatoms. The van der Waals surface area contributed by atoms with Crippen LogP contribution in [0.5, 0.6) is 0 Å². The second-order valence-electron chi connectivity index (χ2n) is 6.79. The first-order valence-corrected chi connectivity index (χ1v) is 8.00. The lowest BCUT2D eigenvalue weighted by Crippen LogP contribution is -2.48. The smallest absolute Gasteiger partial charge is 0.0897 e. The first-order chi connectivity index (χ1) is 8.89. The summed E-state index contributed by atoms with van der Waals surface area (Å²) in [7, 11) is 0. The van der Waals surface area contributed by atoms with Crippen LogP contribution in [0.4, 0.5) is 0 Å². The van der Waals surface area contributed by atoms with E-state index < -0.39 is 0 Å². The number of nitrogens with one attached hydrogen (secondary N) is 1. The topological polar surface area (TPSA) is 34.2 Å². The molecule has 108 valence electrons. The molecule has 1 atom stereocenters. The van der Waals surface area contributed by atoms with E-state index in [4.69, 9.17) is 4.74 Å². The number of hydrogen-bond acceptors (Lipinski definition) is 4. The largest absolute Gasteiger partial charge is 0.381 e. The number of thiazole rings is 1. The zero-order chi connectivity index (χ0) is 13.9. The van der Waals surface area contributed by atoms with E-state index >= 15 is 0 Å². The fraction of sp³-hybridized carbons (Fsp3) is 0.800. The number of rotatable bonds is 4. The summed E-state index contributed by atoms with van der Waals surface area (Å²) in [6.07, 6.45) is 3.42. The molecule has 0 aliphatic carbocycles. The monoisotopic (exact) mass is 282 g/mol. The highest BCUT2D eigenvalue weighted by atomic mass is 32.1. The summed E-state index contributed by atoms with van der Waals surface area (Å²) in [4.78, 5) is 4.63. The summed E-state index contributed by atoms with van der Waals surface area (Å²) in [5.74, 6) is 0. The Bertz CT molecular complexity index is 403. The van der Waals surface area contributed by atoms with Crippen molar-refractivity contribution in [3.63, 3.8) is 0 Å². The zero-order valence-electron chi connectivity index (χ0n) is 12.6. The van der Waals surface area contributed by atoms with Crippen LogP contribution in [0.3, 0.4) is 0 Å². The van der Waals surface area contributed by atoms with Gasteiger partial charge < -0.3 is 10.1 Å². The van der Waals surface area contributed by atoms with Crippen LogP contribution in [-0.4, -0.2) is 30.3 Å². The average Bonchev–Trinajstić information content (AvgIpc) is 2.73. The molecule has 0 bridgehead atoms. The minimum absolute atomic E-state index is 0.155. The molecule has 1 aliphatic heterocycles. The fourth-order valence-electron chi connectivity index (χ4n) is 2.58. The van der Waals surface area contributed by atoms with Crippen LogP contribution in [-0.2, 0) is 11.2 Å². The Morgan fingerprint density at radius 1 is 1.47 bits per heavy atom. The van der Waals surface area contributed by atoms with Crippen molar-refractivity contribution >= 4 is 11.3 Å². The van der Waals surface area contributed by atoms with Crippen molar-refractivity contribution in [2.45, 2.75) is 52.5 Å². The lowest BCUT2D eigenvalue weighted by molar-refractivity contribution is -0.0104. The summed E-state index contributed by atoms with van der Waals surface area (Å²) in [6, 6.07) is 0. The van der Waals surface area contributed by atoms with Crippen LogP contribution in [0.1, 0.15) is 44.3 Å². The highest BCUT2D eigenvalue weighted by Crippen LogP contribution is 2.32. The quantitative estimate of drug-likeness (QED) is 0.921. The number of hydrogen-bond donors (Lipinski definition) is 1. The van der Waals surface area contributed by atoms with Crippen LogP contribution >= 0.6 is 11.3 Å². The number of nitrogens with zero attached hydrogens (tertiary/aromatic N) is 1. The minimum atomic E-state index is 0.155. The maximum atomic E-state index is 5.77. The highest BCUT2D eigenvalue weighted by molar-refractivity contribution is 7.09. The van der Waals surface area contributed by atoms with Gasteiger partial charge in [-0.05, 0) is 47.0 Å². The molecule has 0 aromatic carbocycles. The number of aryl methyl sites for hydroxylation is 1. The van der Waals surface area contributed by atoms with Gasteiger partial charge in [0.15, 0.2) is 0 Å². The zero-order valence-corrected chi connectivity index (χ0v) is 13.4. The Morgan fingerprint density at radius 3 is 2.79 bits per heavy atom. The van der Waals surface area contributed by atoms with Crippen molar-refractivity contribution in [3.05, 3.63) is 16.1 Å². The van der Waals surface area contributed by atoms with Crippen LogP contribution in [0.15, 0.2) is 5.38 Å². The molecule has 2 heterocycles. The van der Waals surface area contributed by atoms with Gasteiger partial charge in [-0.1, -0.05) is 0 Å². The fourth-order valence-corrected chi connectivity index (χ4v) is 3.19. The molecule has 0 spiro atoms. The summed E-state index contributed by atoms with van der Waals surface area (Å²) in [5.41, 5.74) is 1.60. The second kappa shape index (κ2) is 5.90. The van der Waals surface area contributed by atoms with Gasteiger partial charge in [-0.3, -0.25) is 0 Å². The maximum absolute atomic E-state index is 5.77. The Balaban J connectivity index is 2.05. The Morgan fingerprint density at radius 2 is 2.26 bits per heavy atom. The second-order valence-corrected chi connectivity index (χ2v) is 7.86. The number of ether oxygens (including phenoxy) is 1. The van der Waals surface area contributed by atoms with Crippen molar-refractivity contribution in [3.8, 4) is 0 Å². The third-order valence-electron chi connectivity index (χ3n) is 3.62. The molecular weight excluding hydrogens is 256 g/mol. The highest BCUT2D eigenvalue weighted by Gasteiger charge is 2.34. The SMILES string of the molecule is Cc1nc(CC2(CNC(C)(C)C)CCCOC2)cs1. The summed E-state index contributed by atoms with van der Waals surface area (Å²) in [6.45, 7) is 11.5. The molecule has 1 N–H and O–H groups in total.